The van der Waals surface area contributed by atoms with Crippen LogP contribution < -0.4 is 11.2 Å². The van der Waals surface area contributed by atoms with Gasteiger partial charge in [-0.25, -0.2) is 9.78 Å². The van der Waals surface area contributed by atoms with Gasteiger partial charge in [0.1, 0.15) is 21.5 Å². The largest absolute Gasteiger partial charge is 0.329 e. The highest BCUT2D eigenvalue weighted by Gasteiger charge is 2.17. The van der Waals surface area contributed by atoms with Gasteiger partial charge in [0.05, 0.1) is 0 Å². The Hall–Kier alpha value is -1.76. The quantitative estimate of drug-likeness (QED) is 0.814. The van der Waals surface area contributed by atoms with Gasteiger partial charge in [0.25, 0.3) is 5.56 Å². The molecule has 0 aliphatic heterocycles. The lowest BCUT2D eigenvalue weighted by Gasteiger charge is -2.13. The molecule has 2 N–H and O–H groups in total. The van der Waals surface area contributed by atoms with E-state index in [1.807, 2.05) is 13.8 Å². The Kier molecular flexibility index (Phi) is 4.99. The molecule has 0 spiro atoms. The Morgan fingerprint density at radius 1 is 1.25 bits per heavy atom. The third-order valence-electron chi connectivity index (χ3n) is 4.72. The van der Waals surface area contributed by atoms with Crippen LogP contribution in [0.3, 0.4) is 0 Å². The number of aromatic nitrogens is 4. The van der Waals surface area contributed by atoms with E-state index in [1.54, 1.807) is 4.57 Å². The van der Waals surface area contributed by atoms with E-state index in [1.165, 1.54) is 25.7 Å². The van der Waals surface area contributed by atoms with Crippen LogP contribution in [0.1, 0.15) is 51.8 Å². The molecule has 1 aliphatic carbocycles. The van der Waals surface area contributed by atoms with Crippen molar-refractivity contribution in [3.8, 4) is 0 Å². The maximum absolute atomic E-state index is 12.2. The lowest BCUT2D eigenvalue weighted by Crippen LogP contribution is -2.32. The van der Waals surface area contributed by atoms with Crippen molar-refractivity contribution in [2.75, 3.05) is 0 Å². The molecule has 2 aromatic rings. The molecule has 0 bridgehead atoms. The van der Waals surface area contributed by atoms with E-state index in [0.717, 1.165) is 24.6 Å². The maximum atomic E-state index is 12.2. The molecule has 0 aromatic carbocycles. The van der Waals surface area contributed by atoms with Crippen molar-refractivity contribution in [2.45, 2.75) is 58.9 Å². The van der Waals surface area contributed by atoms with Crippen LogP contribution in [0.4, 0.5) is 0 Å². The van der Waals surface area contributed by atoms with E-state index in [2.05, 4.69) is 15.0 Å². The zero-order valence-corrected chi connectivity index (χ0v) is 15.0. The summed E-state index contributed by atoms with van der Waals surface area (Å²) in [5.74, 6) is 1.79. The minimum atomic E-state index is -0.467. The van der Waals surface area contributed by atoms with Gasteiger partial charge in [0.15, 0.2) is 0 Å². The molecule has 0 unspecified atom stereocenters. The summed E-state index contributed by atoms with van der Waals surface area (Å²) in [4.78, 5) is 34.3. The van der Waals surface area contributed by atoms with E-state index in [0.29, 0.717) is 17.6 Å². The van der Waals surface area contributed by atoms with Crippen molar-refractivity contribution >= 4 is 23.3 Å². The summed E-state index contributed by atoms with van der Waals surface area (Å²) in [6, 6.07) is 0. The fourth-order valence-corrected chi connectivity index (χ4v) is 3.84. The molecule has 3 rings (SSSR count). The van der Waals surface area contributed by atoms with Gasteiger partial charge in [-0.2, -0.15) is 0 Å². The predicted octanol–water partition coefficient (Wildman–Crippen LogP) is 2.92. The predicted molar refractivity (Wildman–Crippen MR) is 96.9 cm³/mol. The first kappa shape index (κ1) is 17.1. The first-order chi connectivity index (χ1) is 11.5. The van der Waals surface area contributed by atoms with Gasteiger partial charge in [-0.15, -0.1) is 0 Å². The van der Waals surface area contributed by atoms with Gasteiger partial charge >= 0.3 is 5.69 Å². The highest BCUT2D eigenvalue weighted by molar-refractivity contribution is 7.71. The first-order valence-corrected chi connectivity index (χ1v) is 9.12. The molecule has 0 radical (unpaired) electrons. The van der Waals surface area contributed by atoms with Crippen molar-refractivity contribution in [3.63, 3.8) is 0 Å². The van der Waals surface area contributed by atoms with E-state index in [4.69, 9.17) is 12.2 Å². The van der Waals surface area contributed by atoms with E-state index >= 15 is 0 Å². The Bertz CT molecular complexity index is 903. The number of aryl methyl sites for hydroxylation is 1. The van der Waals surface area contributed by atoms with Crippen molar-refractivity contribution in [1.29, 1.82) is 0 Å². The molecule has 2 heterocycles. The molecule has 24 heavy (non-hydrogen) atoms. The smallest absolute Gasteiger partial charge is 0.329 e. The second-order valence-electron chi connectivity index (χ2n) is 7.17. The third kappa shape index (κ3) is 3.50. The van der Waals surface area contributed by atoms with E-state index in [9.17, 15) is 9.59 Å². The summed E-state index contributed by atoms with van der Waals surface area (Å²) in [6.07, 6.45) is 7.07. The van der Waals surface area contributed by atoms with E-state index in [-0.39, 0.29) is 10.6 Å². The number of hydrogen-bond acceptors (Lipinski definition) is 4. The summed E-state index contributed by atoms with van der Waals surface area (Å²) < 4.78 is 1.83. The van der Waals surface area contributed by atoms with Gasteiger partial charge in [0.2, 0.25) is 0 Å². The monoisotopic (exact) mass is 348 g/mol. The van der Waals surface area contributed by atoms with Gasteiger partial charge in [0, 0.05) is 13.0 Å². The molecule has 130 valence electrons. The van der Waals surface area contributed by atoms with Crippen LogP contribution >= 0.6 is 12.2 Å². The number of rotatable bonds is 5. The SMILES string of the molecule is CC(C)Cn1c(=O)[nH]c(=O)c2c(=S)nc(CCC3CCCC3)[nH]c21. The van der Waals surface area contributed by atoms with Gasteiger partial charge < -0.3 is 4.98 Å². The molecule has 0 saturated heterocycles. The summed E-state index contributed by atoms with van der Waals surface area (Å²) >= 11 is 5.33. The molecule has 2 aromatic heterocycles. The summed E-state index contributed by atoms with van der Waals surface area (Å²) in [6.45, 7) is 4.57. The number of nitrogens with zero attached hydrogens (tertiary/aromatic N) is 2. The van der Waals surface area contributed by atoms with Crippen LogP contribution in [-0.4, -0.2) is 19.5 Å². The number of hydrogen-bond donors (Lipinski definition) is 2. The lowest BCUT2D eigenvalue weighted by atomic mass is 10.0. The molecule has 1 saturated carbocycles. The first-order valence-electron chi connectivity index (χ1n) is 8.71. The second kappa shape index (κ2) is 7.01. The number of aromatic amines is 2. The molecule has 7 heteroatoms. The molecule has 1 fully saturated rings. The molecular weight excluding hydrogens is 324 g/mol. The van der Waals surface area contributed by atoms with Crippen LogP contribution in [0, 0.1) is 16.5 Å². The minimum Gasteiger partial charge on any atom is -0.329 e. The number of nitrogens with one attached hydrogen (secondary N) is 2. The fraction of sp³-hybridized carbons (Fsp3) is 0.647. The van der Waals surface area contributed by atoms with Crippen LogP contribution in [0.2, 0.25) is 0 Å². The van der Waals surface area contributed by atoms with Crippen LogP contribution in [0.25, 0.3) is 11.0 Å². The van der Waals surface area contributed by atoms with Crippen LogP contribution in [-0.2, 0) is 13.0 Å². The van der Waals surface area contributed by atoms with Gasteiger partial charge in [-0.3, -0.25) is 14.3 Å². The highest BCUT2D eigenvalue weighted by Crippen LogP contribution is 2.28. The van der Waals surface area contributed by atoms with E-state index < -0.39 is 11.2 Å². The van der Waals surface area contributed by atoms with Crippen molar-refractivity contribution in [1.82, 2.24) is 19.5 Å². The standard InChI is InChI=1S/C17H24N4O2S/c1-10(2)9-21-14-13(15(22)20-17(21)23)16(24)19-12(18-14)8-7-11-5-3-4-6-11/h10-11H,3-9H2,1-2H3,(H,18,19,24)(H,20,22,23). The molecular formula is C17H24N4O2S. The highest BCUT2D eigenvalue weighted by atomic mass is 32.1. The topological polar surface area (TPSA) is 83.5 Å². The zero-order valence-electron chi connectivity index (χ0n) is 14.2. The Morgan fingerprint density at radius 2 is 1.96 bits per heavy atom. The second-order valence-corrected chi connectivity index (χ2v) is 7.55. The van der Waals surface area contributed by atoms with Crippen molar-refractivity contribution < 1.29 is 0 Å². The minimum absolute atomic E-state index is 0.268. The Labute approximate surface area is 145 Å². The maximum Gasteiger partial charge on any atom is 0.329 e. The van der Waals surface area contributed by atoms with Crippen LogP contribution in [0.5, 0.6) is 0 Å². The molecule has 6 nitrogen and oxygen atoms in total. The molecule has 0 atom stereocenters. The molecule has 0 amide bonds. The number of fused-ring (bicyclic) bond motifs is 1. The average molecular weight is 348 g/mol. The summed E-state index contributed by atoms with van der Waals surface area (Å²) in [5.41, 5.74) is -0.371. The lowest BCUT2D eigenvalue weighted by molar-refractivity contribution is 0.494. The normalized spacial score (nSPS) is 15.6. The molecule has 1 aliphatic rings. The summed E-state index contributed by atoms with van der Waals surface area (Å²) in [5, 5.41) is 0.301. The summed E-state index contributed by atoms with van der Waals surface area (Å²) in [7, 11) is 0. The fourth-order valence-electron chi connectivity index (χ4n) is 3.54. The zero-order chi connectivity index (χ0) is 17.3. The van der Waals surface area contributed by atoms with Crippen LogP contribution in [0.15, 0.2) is 9.59 Å². The van der Waals surface area contributed by atoms with Gasteiger partial charge in [-0.1, -0.05) is 51.7 Å². The third-order valence-corrected chi connectivity index (χ3v) is 5.02. The number of H-pyrrole nitrogens is 2. The Balaban J connectivity index is 2.05. The van der Waals surface area contributed by atoms with Crippen molar-refractivity contribution in [3.05, 3.63) is 31.3 Å². The Morgan fingerprint density at radius 3 is 2.62 bits per heavy atom. The van der Waals surface area contributed by atoms with Gasteiger partial charge in [-0.05, 0) is 18.3 Å². The average Bonchev–Trinajstić information content (AvgIpc) is 3.01. The van der Waals surface area contributed by atoms with Crippen molar-refractivity contribution in [2.24, 2.45) is 11.8 Å².